The van der Waals surface area contributed by atoms with Crippen LogP contribution in [0, 0.1) is 0 Å². The first-order valence-corrected chi connectivity index (χ1v) is 7.50. The third kappa shape index (κ3) is 3.65. The van der Waals surface area contributed by atoms with Crippen LogP contribution in [-0.4, -0.2) is 56.1 Å². The van der Waals surface area contributed by atoms with Gasteiger partial charge < -0.3 is 10.0 Å². The zero-order valence-corrected chi connectivity index (χ0v) is 12.6. The smallest absolute Gasteiger partial charge is 0.244 e. The van der Waals surface area contributed by atoms with Gasteiger partial charge in [0.2, 0.25) is 10.0 Å². The molecule has 0 spiro atoms. The Morgan fingerprint density at radius 2 is 1.95 bits per heavy atom. The van der Waals surface area contributed by atoms with Crippen molar-refractivity contribution in [2.24, 2.45) is 0 Å². The van der Waals surface area contributed by atoms with E-state index >= 15 is 0 Å². The molecule has 0 unspecified atom stereocenters. The fraction of sp³-hybridized carbons (Fsp3) is 0.583. The van der Waals surface area contributed by atoms with Gasteiger partial charge in [-0.3, -0.25) is 0 Å². The van der Waals surface area contributed by atoms with E-state index in [1.807, 2.05) is 18.7 Å². The lowest BCUT2D eigenvalue weighted by Gasteiger charge is -2.27. The zero-order chi connectivity index (χ0) is 14.6. The second-order valence-corrected chi connectivity index (χ2v) is 6.80. The summed E-state index contributed by atoms with van der Waals surface area (Å²) in [7, 11) is -0.486. The Balaban J connectivity index is 3.05. The molecule has 0 aromatic carbocycles. The first-order chi connectivity index (χ1) is 8.80. The van der Waals surface area contributed by atoms with E-state index in [2.05, 4.69) is 4.98 Å². The SMILES string of the molecule is CC(C)N(CCO)c1ccc(S(=O)(=O)N(C)C)cn1. The third-order valence-electron chi connectivity index (χ3n) is 2.76. The summed E-state index contributed by atoms with van der Waals surface area (Å²) in [4.78, 5) is 6.25. The average Bonchev–Trinajstić information content (AvgIpc) is 2.35. The highest BCUT2D eigenvalue weighted by Crippen LogP contribution is 2.18. The Bertz CT molecular complexity index is 497. The Labute approximate surface area is 114 Å². The van der Waals surface area contributed by atoms with Gasteiger partial charge in [0.15, 0.2) is 0 Å². The van der Waals surface area contributed by atoms with Gasteiger partial charge in [0.1, 0.15) is 10.7 Å². The van der Waals surface area contributed by atoms with E-state index in [0.29, 0.717) is 12.4 Å². The van der Waals surface area contributed by atoms with Gasteiger partial charge in [-0.15, -0.1) is 0 Å². The summed E-state index contributed by atoms with van der Waals surface area (Å²) in [5.41, 5.74) is 0. The minimum absolute atomic E-state index is 0.0254. The maximum Gasteiger partial charge on any atom is 0.244 e. The fourth-order valence-electron chi connectivity index (χ4n) is 1.65. The number of aromatic nitrogens is 1. The van der Waals surface area contributed by atoms with Gasteiger partial charge in [-0.05, 0) is 26.0 Å². The van der Waals surface area contributed by atoms with Crippen LogP contribution in [0.25, 0.3) is 0 Å². The van der Waals surface area contributed by atoms with E-state index in [0.717, 1.165) is 4.31 Å². The van der Waals surface area contributed by atoms with Crippen molar-refractivity contribution in [1.29, 1.82) is 0 Å². The van der Waals surface area contributed by atoms with Gasteiger partial charge in [0.05, 0.1) is 6.61 Å². The summed E-state index contributed by atoms with van der Waals surface area (Å²) in [6.07, 6.45) is 1.34. The molecule has 1 rings (SSSR count). The van der Waals surface area contributed by atoms with Gasteiger partial charge >= 0.3 is 0 Å². The molecular formula is C12H21N3O3S. The first kappa shape index (κ1) is 15.9. The highest BCUT2D eigenvalue weighted by molar-refractivity contribution is 7.89. The Kier molecular flexibility index (Phi) is 5.28. The van der Waals surface area contributed by atoms with Crippen LogP contribution in [0.1, 0.15) is 13.8 Å². The lowest BCUT2D eigenvalue weighted by atomic mass is 10.3. The highest BCUT2D eigenvalue weighted by atomic mass is 32.2. The molecule has 0 saturated carbocycles. The molecule has 0 aliphatic heterocycles. The largest absolute Gasteiger partial charge is 0.395 e. The van der Waals surface area contributed by atoms with E-state index < -0.39 is 10.0 Å². The molecule has 7 heteroatoms. The lowest BCUT2D eigenvalue weighted by Crippen LogP contribution is -2.34. The number of sulfonamides is 1. The molecule has 0 bridgehead atoms. The van der Waals surface area contributed by atoms with Crippen molar-refractivity contribution in [3.05, 3.63) is 18.3 Å². The quantitative estimate of drug-likeness (QED) is 0.826. The molecule has 108 valence electrons. The van der Waals surface area contributed by atoms with Crippen molar-refractivity contribution in [3.8, 4) is 0 Å². The minimum atomic E-state index is -3.45. The van der Waals surface area contributed by atoms with Gasteiger partial charge in [-0.1, -0.05) is 0 Å². The molecule has 0 aliphatic carbocycles. The molecule has 0 aliphatic rings. The van der Waals surface area contributed by atoms with Crippen molar-refractivity contribution in [2.75, 3.05) is 32.1 Å². The number of nitrogens with zero attached hydrogens (tertiary/aromatic N) is 3. The number of pyridine rings is 1. The Hall–Kier alpha value is -1.18. The van der Waals surface area contributed by atoms with Crippen LogP contribution in [0.2, 0.25) is 0 Å². The van der Waals surface area contributed by atoms with Crippen LogP contribution in [0.4, 0.5) is 5.82 Å². The van der Waals surface area contributed by atoms with Crippen molar-refractivity contribution < 1.29 is 13.5 Å². The molecule has 6 nitrogen and oxygen atoms in total. The van der Waals surface area contributed by atoms with Gasteiger partial charge in [0.25, 0.3) is 0 Å². The van der Waals surface area contributed by atoms with E-state index in [-0.39, 0.29) is 17.5 Å². The van der Waals surface area contributed by atoms with Gasteiger partial charge in [0, 0.05) is 32.9 Å². The van der Waals surface area contributed by atoms with Crippen LogP contribution in [0.3, 0.4) is 0 Å². The molecule has 19 heavy (non-hydrogen) atoms. The van der Waals surface area contributed by atoms with Crippen LogP contribution >= 0.6 is 0 Å². The number of hydrogen-bond donors (Lipinski definition) is 1. The monoisotopic (exact) mass is 287 g/mol. The van der Waals surface area contributed by atoms with E-state index in [1.165, 1.54) is 26.4 Å². The third-order valence-corrected chi connectivity index (χ3v) is 4.56. The second-order valence-electron chi connectivity index (χ2n) is 4.65. The van der Waals surface area contributed by atoms with Gasteiger partial charge in [-0.2, -0.15) is 0 Å². The molecule has 0 radical (unpaired) electrons. The maximum absolute atomic E-state index is 11.9. The molecule has 1 heterocycles. The van der Waals surface area contributed by atoms with Crippen LogP contribution < -0.4 is 4.90 Å². The molecule has 1 aromatic rings. The van der Waals surface area contributed by atoms with Crippen molar-refractivity contribution in [3.63, 3.8) is 0 Å². The summed E-state index contributed by atoms with van der Waals surface area (Å²) in [5, 5.41) is 9.03. The van der Waals surface area contributed by atoms with Crippen molar-refractivity contribution in [1.82, 2.24) is 9.29 Å². The Morgan fingerprint density at radius 3 is 2.32 bits per heavy atom. The highest BCUT2D eigenvalue weighted by Gasteiger charge is 2.18. The summed E-state index contributed by atoms with van der Waals surface area (Å²) < 4.78 is 25.0. The van der Waals surface area contributed by atoms with Gasteiger partial charge in [-0.25, -0.2) is 17.7 Å². The fourth-order valence-corrected chi connectivity index (χ4v) is 2.50. The van der Waals surface area contributed by atoms with E-state index in [9.17, 15) is 8.42 Å². The predicted octanol–water partition coefficient (Wildman–Crippen LogP) is 0.539. The summed E-state index contributed by atoms with van der Waals surface area (Å²) >= 11 is 0. The van der Waals surface area contributed by atoms with Crippen LogP contribution in [-0.2, 0) is 10.0 Å². The van der Waals surface area contributed by atoms with Crippen molar-refractivity contribution >= 4 is 15.8 Å². The molecule has 0 fully saturated rings. The topological polar surface area (TPSA) is 73.7 Å². The van der Waals surface area contributed by atoms with Crippen LogP contribution in [0.5, 0.6) is 0 Å². The summed E-state index contributed by atoms with van der Waals surface area (Å²) in [5.74, 6) is 0.654. The normalized spacial score (nSPS) is 12.2. The summed E-state index contributed by atoms with van der Waals surface area (Å²) in [6, 6.07) is 3.37. The number of rotatable bonds is 6. The number of hydrogen-bond acceptors (Lipinski definition) is 5. The van der Waals surface area contributed by atoms with E-state index in [1.54, 1.807) is 6.07 Å². The molecular weight excluding hydrogens is 266 g/mol. The average molecular weight is 287 g/mol. The lowest BCUT2D eigenvalue weighted by molar-refractivity contribution is 0.298. The molecule has 0 amide bonds. The summed E-state index contributed by atoms with van der Waals surface area (Å²) in [6.45, 7) is 4.46. The standard InChI is InChI=1S/C12H21N3O3S/c1-10(2)15(7-8-16)12-6-5-11(9-13-12)19(17,18)14(3)4/h5-6,9-10,16H,7-8H2,1-4H3. The second kappa shape index (κ2) is 6.31. The van der Waals surface area contributed by atoms with E-state index in [4.69, 9.17) is 5.11 Å². The number of aliphatic hydroxyl groups excluding tert-OH is 1. The van der Waals surface area contributed by atoms with Crippen molar-refractivity contribution in [2.45, 2.75) is 24.8 Å². The molecule has 1 aromatic heterocycles. The molecule has 0 saturated heterocycles. The number of anilines is 1. The Morgan fingerprint density at radius 1 is 1.32 bits per heavy atom. The minimum Gasteiger partial charge on any atom is -0.395 e. The maximum atomic E-state index is 11.9. The first-order valence-electron chi connectivity index (χ1n) is 6.06. The molecule has 1 N–H and O–H groups in total. The zero-order valence-electron chi connectivity index (χ0n) is 11.7. The number of aliphatic hydroxyl groups is 1. The van der Waals surface area contributed by atoms with Crippen LogP contribution in [0.15, 0.2) is 23.2 Å². The predicted molar refractivity (Wildman–Crippen MR) is 74.7 cm³/mol. The molecule has 0 atom stereocenters.